The molecular formula is C11H12N2O2. The third-order valence-corrected chi connectivity index (χ3v) is 2.57. The molecule has 0 saturated carbocycles. The number of aromatic carboxylic acids is 1. The molecule has 0 spiro atoms. The molecule has 2 rings (SSSR count). The molecule has 0 bridgehead atoms. The summed E-state index contributed by atoms with van der Waals surface area (Å²) in [5.74, 6) is -0.932. The van der Waals surface area contributed by atoms with Crippen molar-refractivity contribution in [2.75, 3.05) is 0 Å². The van der Waals surface area contributed by atoms with Crippen molar-refractivity contribution in [1.82, 2.24) is 4.98 Å². The smallest absolute Gasteiger partial charge is 0.352 e. The first-order valence-corrected chi connectivity index (χ1v) is 4.68. The van der Waals surface area contributed by atoms with Crippen molar-refractivity contribution >= 4 is 16.9 Å². The van der Waals surface area contributed by atoms with Crippen molar-refractivity contribution in [2.24, 2.45) is 5.73 Å². The molecule has 0 amide bonds. The molecule has 0 atom stereocenters. The molecule has 0 unspecified atom stereocenters. The summed E-state index contributed by atoms with van der Waals surface area (Å²) >= 11 is 0. The van der Waals surface area contributed by atoms with Crippen molar-refractivity contribution in [3.63, 3.8) is 0 Å². The molecule has 15 heavy (non-hydrogen) atoms. The second-order valence-corrected chi connectivity index (χ2v) is 3.51. The molecule has 4 heteroatoms. The lowest BCUT2D eigenvalue weighted by Crippen LogP contribution is -1.98. The number of aryl methyl sites for hydroxylation is 1. The number of carboxylic acids is 1. The fourth-order valence-electron chi connectivity index (χ4n) is 1.71. The summed E-state index contributed by atoms with van der Waals surface area (Å²) in [5, 5.41) is 9.86. The summed E-state index contributed by atoms with van der Waals surface area (Å²) in [6.07, 6.45) is 0. The molecule has 0 radical (unpaired) electrons. The maximum Gasteiger partial charge on any atom is 0.352 e. The highest BCUT2D eigenvalue weighted by Gasteiger charge is 2.13. The van der Waals surface area contributed by atoms with E-state index in [4.69, 9.17) is 10.8 Å². The molecule has 1 aromatic carbocycles. The number of aromatic nitrogens is 1. The van der Waals surface area contributed by atoms with E-state index in [1.54, 1.807) is 6.92 Å². The van der Waals surface area contributed by atoms with E-state index in [2.05, 4.69) is 4.98 Å². The number of benzene rings is 1. The number of hydrogen-bond donors (Lipinski definition) is 3. The Kier molecular flexibility index (Phi) is 2.21. The molecule has 1 heterocycles. The number of rotatable bonds is 2. The van der Waals surface area contributed by atoms with Gasteiger partial charge in [-0.3, -0.25) is 0 Å². The van der Waals surface area contributed by atoms with Crippen LogP contribution in [0.5, 0.6) is 0 Å². The Morgan fingerprint density at radius 3 is 2.87 bits per heavy atom. The number of carbonyl (C=O) groups is 1. The first-order chi connectivity index (χ1) is 7.13. The molecule has 4 nitrogen and oxygen atoms in total. The molecule has 0 aliphatic rings. The summed E-state index contributed by atoms with van der Waals surface area (Å²) in [4.78, 5) is 13.8. The zero-order valence-corrected chi connectivity index (χ0v) is 8.37. The minimum absolute atomic E-state index is 0.249. The highest BCUT2D eigenvalue weighted by Crippen LogP contribution is 2.22. The molecule has 0 aliphatic heterocycles. The summed E-state index contributed by atoms with van der Waals surface area (Å²) in [6.45, 7) is 2.26. The Labute approximate surface area is 86.7 Å². The summed E-state index contributed by atoms with van der Waals surface area (Å²) in [6, 6.07) is 5.68. The number of nitrogens with two attached hydrogens (primary N) is 1. The molecule has 1 aromatic heterocycles. The van der Waals surface area contributed by atoms with E-state index >= 15 is 0 Å². The fourth-order valence-corrected chi connectivity index (χ4v) is 1.71. The maximum atomic E-state index is 10.9. The van der Waals surface area contributed by atoms with E-state index < -0.39 is 5.97 Å². The summed E-state index contributed by atoms with van der Waals surface area (Å²) < 4.78 is 0. The highest BCUT2D eigenvalue weighted by atomic mass is 16.4. The Hall–Kier alpha value is -1.81. The van der Waals surface area contributed by atoms with Gasteiger partial charge in [0.1, 0.15) is 5.69 Å². The van der Waals surface area contributed by atoms with E-state index in [0.717, 1.165) is 22.0 Å². The molecule has 0 saturated heterocycles. The van der Waals surface area contributed by atoms with E-state index in [-0.39, 0.29) is 5.69 Å². The van der Waals surface area contributed by atoms with E-state index in [1.165, 1.54) is 0 Å². The molecular weight excluding hydrogens is 192 g/mol. The number of hydrogen-bond acceptors (Lipinski definition) is 2. The van der Waals surface area contributed by atoms with Crippen LogP contribution in [-0.2, 0) is 6.54 Å². The molecule has 0 fully saturated rings. The van der Waals surface area contributed by atoms with Crippen LogP contribution in [0.3, 0.4) is 0 Å². The topological polar surface area (TPSA) is 79.1 Å². The molecule has 0 aliphatic carbocycles. The fraction of sp³-hybridized carbons (Fsp3) is 0.182. The number of aromatic amines is 1. The van der Waals surface area contributed by atoms with Crippen molar-refractivity contribution in [2.45, 2.75) is 13.5 Å². The average Bonchev–Trinajstić information content (AvgIpc) is 2.56. The molecule has 78 valence electrons. The van der Waals surface area contributed by atoms with Crippen LogP contribution >= 0.6 is 0 Å². The average molecular weight is 204 g/mol. The van der Waals surface area contributed by atoms with E-state index in [9.17, 15) is 4.79 Å². The van der Waals surface area contributed by atoms with E-state index in [0.29, 0.717) is 6.54 Å². The number of H-pyrrole nitrogens is 1. The van der Waals surface area contributed by atoms with Gasteiger partial charge in [0.25, 0.3) is 0 Å². The summed E-state index contributed by atoms with van der Waals surface area (Å²) in [5.41, 5.74) is 8.37. The van der Waals surface area contributed by atoms with Gasteiger partial charge >= 0.3 is 5.97 Å². The first kappa shape index (κ1) is 9.73. The first-order valence-electron chi connectivity index (χ1n) is 4.68. The van der Waals surface area contributed by atoms with Crippen LogP contribution in [0.4, 0.5) is 0 Å². The standard InChI is InChI=1S/C11H12N2O2/c1-6-8-4-7(5-12)2-3-9(8)13-10(6)11(14)15/h2-4,13H,5,12H2,1H3,(H,14,15). The number of nitrogens with one attached hydrogen (secondary N) is 1. The van der Waals surface area contributed by atoms with Crippen LogP contribution in [0, 0.1) is 6.92 Å². The zero-order valence-electron chi connectivity index (χ0n) is 8.37. The zero-order chi connectivity index (χ0) is 11.0. The Balaban J connectivity index is 2.72. The Morgan fingerprint density at radius 1 is 1.53 bits per heavy atom. The minimum atomic E-state index is -0.932. The van der Waals surface area contributed by atoms with Crippen LogP contribution in [0.15, 0.2) is 18.2 Å². The SMILES string of the molecule is Cc1c(C(=O)O)[nH]c2ccc(CN)cc12. The lowest BCUT2D eigenvalue weighted by molar-refractivity contribution is 0.0691. The number of fused-ring (bicyclic) bond motifs is 1. The quantitative estimate of drug-likeness (QED) is 0.695. The monoisotopic (exact) mass is 204 g/mol. The van der Waals surface area contributed by atoms with Gasteiger partial charge in [-0.1, -0.05) is 6.07 Å². The van der Waals surface area contributed by atoms with Gasteiger partial charge in [-0.2, -0.15) is 0 Å². The second-order valence-electron chi connectivity index (χ2n) is 3.51. The van der Waals surface area contributed by atoms with Gasteiger partial charge in [0, 0.05) is 17.4 Å². The lowest BCUT2D eigenvalue weighted by Gasteiger charge is -1.96. The van der Waals surface area contributed by atoms with E-state index in [1.807, 2.05) is 18.2 Å². The Morgan fingerprint density at radius 2 is 2.27 bits per heavy atom. The van der Waals surface area contributed by atoms with Crippen molar-refractivity contribution in [3.05, 3.63) is 35.0 Å². The third kappa shape index (κ3) is 1.49. The predicted octanol–water partition coefficient (Wildman–Crippen LogP) is 1.63. The Bertz CT molecular complexity index is 529. The van der Waals surface area contributed by atoms with Crippen LogP contribution in [0.2, 0.25) is 0 Å². The van der Waals surface area contributed by atoms with Crippen LogP contribution < -0.4 is 5.73 Å². The highest BCUT2D eigenvalue weighted by molar-refractivity contribution is 5.97. The lowest BCUT2D eigenvalue weighted by atomic mass is 10.1. The number of carboxylic acid groups (broad SMARTS) is 1. The third-order valence-electron chi connectivity index (χ3n) is 2.57. The summed E-state index contributed by atoms with van der Waals surface area (Å²) in [7, 11) is 0. The van der Waals surface area contributed by atoms with Crippen molar-refractivity contribution in [1.29, 1.82) is 0 Å². The van der Waals surface area contributed by atoms with Crippen molar-refractivity contribution in [3.8, 4) is 0 Å². The van der Waals surface area contributed by atoms with Crippen LogP contribution in [0.1, 0.15) is 21.6 Å². The molecule has 4 N–H and O–H groups in total. The predicted molar refractivity (Wildman–Crippen MR) is 57.9 cm³/mol. The van der Waals surface area contributed by atoms with Gasteiger partial charge in [0.15, 0.2) is 0 Å². The van der Waals surface area contributed by atoms with Gasteiger partial charge in [-0.15, -0.1) is 0 Å². The van der Waals surface area contributed by atoms with Crippen molar-refractivity contribution < 1.29 is 9.90 Å². The largest absolute Gasteiger partial charge is 0.477 e. The normalized spacial score (nSPS) is 10.8. The van der Waals surface area contributed by atoms with Crippen LogP contribution in [0.25, 0.3) is 10.9 Å². The van der Waals surface area contributed by atoms with Gasteiger partial charge < -0.3 is 15.8 Å². The van der Waals surface area contributed by atoms with Crippen LogP contribution in [-0.4, -0.2) is 16.1 Å². The van der Waals surface area contributed by atoms with Gasteiger partial charge in [-0.05, 0) is 30.2 Å². The van der Waals surface area contributed by atoms with Gasteiger partial charge in [0.2, 0.25) is 0 Å². The maximum absolute atomic E-state index is 10.9. The second kappa shape index (κ2) is 3.40. The van der Waals surface area contributed by atoms with Gasteiger partial charge in [-0.25, -0.2) is 4.79 Å². The minimum Gasteiger partial charge on any atom is -0.477 e. The molecule has 2 aromatic rings. The van der Waals surface area contributed by atoms with Gasteiger partial charge in [0.05, 0.1) is 0 Å².